The molecule has 0 radical (unpaired) electrons. The van der Waals surface area contributed by atoms with E-state index < -0.39 is 11.9 Å². The number of hydrogen-bond acceptors (Lipinski definition) is 5. The van der Waals surface area contributed by atoms with Crippen LogP contribution in [-0.2, 0) is 19.1 Å². The third kappa shape index (κ3) is 4.26. The van der Waals surface area contributed by atoms with Crippen LogP contribution in [-0.4, -0.2) is 26.2 Å². The summed E-state index contributed by atoms with van der Waals surface area (Å²) in [6.07, 6.45) is 0. The van der Waals surface area contributed by atoms with E-state index in [1.54, 1.807) is 12.1 Å². The second-order valence-corrected chi connectivity index (χ2v) is 6.61. The molecule has 0 amide bonds. The lowest BCUT2D eigenvalue weighted by atomic mass is 9.93. The molecular weight excluding hydrogens is 404 g/mol. The summed E-state index contributed by atoms with van der Waals surface area (Å²) >= 11 is 0. The number of methoxy groups -OCH3 is 2. The average Bonchev–Trinajstić information content (AvgIpc) is 2.85. The Labute approximate surface area is 185 Å². The molecule has 0 heterocycles. The number of benzene rings is 3. The van der Waals surface area contributed by atoms with Gasteiger partial charge in [0.2, 0.25) is 0 Å². The topological polar surface area (TPSA) is 80.8 Å². The summed E-state index contributed by atoms with van der Waals surface area (Å²) in [7, 11) is 2.41. The van der Waals surface area contributed by atoms with Crippen molar-refractivity contribution in [3.8, 4) is 28.3 Å². The summed E-state index contributed by atoms with van der Waals surface area (Å²) in [5, 5.41) is 10.4. The van der Waals surface area contributed by atoms with Crippen molar-refractivity contribution in [2.45, 2.75) is 0 Å². The minimum Gasteiger partial charge on any atom is -0.474 e. The van der Waals surface area contributed by atoms with Gasteiger partial charge in [0.05, 0.1) is 20.8 Å². The molecule has 0 saturated carbocycles. The fourth-order valence-corrected chi connectivity index (χ4v) is 3.35. The SMILES string of the molecule is [C-]#[N+]/C(C(=O)OC)=c1\cc(-c2ccccc2)/c(=C(/C#N)C(=O)OC)cc1-c1ccccc1. The molecule has 0 fully saturated rings. The van der Waals surface area contributed by atoms with Gasteiger partial charge in [-0.3, -0.25) is 4.79 Å². The molecule has 3 rings (SSSR count). The van der Waals surface area contributed by atoms with Crippen molar-refractivity contribution in [1.29, 1.82) is 5.26 Å². The molecule has 3 aromatic carbocycles. The molecule has 0 N–H and O–H groups in total. The lowest BCUT2D eigenvalue weighted by Gasteiger charge is -2.11. The van der Waals surface area contributed by atoms with E-state index in [2.05, 4.69) is 4.85 Å². The maximum absolute atomic E-state index is 12.4. The third-order valence-corrected chi connectivity index (χ3v) is 4.84. The van der Waals surface area contributed by atoms with E-state index in [4.69, 9.17) is 16.0 Å². The summed E-state index contributed by atoms with van der Waals surface area (Å²) in [6.45, 7) is 7.59. The van der Waals surface area contributed by atoms with Crippen LogP contribution in [0, 0.1) is 17.9 Å². The predicted octanol–water partition coefficient (Wildman–Crippen LogP) is 3.07. The molecule has 0 saturated heterocycles. The Morgan fingerprint density at radius 3 is 1.72 bits per heavy atom. The molecule has 0 spiro atoms. The normalized spacial score (nSPS) is 12.0. The van der Waals surface area contributed by atoms with Gasteiger partial charge in [0, 0.05) is 5.22 Å². The van der Waals surface area contributed by atoms with Gasteiger partial charge in [-0.15, -0.1) is 0 Å². The van der Waals surface area contributed by atoms with Crippen molar-refractivity contribution in [2.75, 3.05) is 14.2 Å². The van der Waals surface area contributed by atoms with Crippen LogP contribution in [0.25, 0.3) is 38.4 Å². The van der Waals surface area contributed by atoms with Crippen LogP contribution in [0.4, 0.5) is 0 Å². The summed E-state index contributed by atoms with van der Waals surface area (Å²) < 4.78 is 9.65. The van der Waals surface area contributed by atoms with Gasteiger partial charge in [-0.1, -0.05) is 66.7 Å². The Balaban J connectivity index is 2.64. The van der Waals surface area contributed by atoms with E-state index in [-0.39, 0.29) is 11.3 Å². The molecule has 0 atom stereocenters. The number of nitrogens with zero attached hydrogens (tertiary/aromatic N) is 2. The van der Waals surface area contributed by atoms with Gasteiger partial charge in [-0.05, 0) is 33.5 Å². The fourth-order valence-electron chi connectivity index (χ4n) is 3.35. The molecule has 3 aromatic rings. The average molecular weight is 422 g/mol. The maximum atomic E-state index is 12.4. The minimum atomic E-state index is -0.779. The Kier molecular flexibility index (Phi) is 6.80. The lowest BCUT2D eigenvalue weighted by molar-refractivity contribution is -0.134. The molecular formula is C26H18N2O4. The van der Waals surface area contributed by atoms with Crippen LogP contribution in [0.2, 0.25) is 0 Å². The summed E-state index contributed by atoms with van der Waals surface area (Å²) in [4.78, 5) is 28.2. The number of rotatable bonds is 4. The first kappa shape index (κ1) is 22.0. The Morgan fingerprint density at radius 2 is 1.28 bits per heavy atom. The van der Waals surface area contributed by atoms with E-state index in [1.165, 1.54) is 14.2 Å². The zero-order valence-electron chi connectivity index (χ0n) is 17.5. The molecule has 0 unspecified atom stereocenters. The Morgan fingerprint density at radius 1 is 0.812 bits per heavy atom. The molecule has 156 valence electrons. The standard InChI is InChI=1S/C26H18N2O4/c1-28-24(26(30)32-3)22-15-19(17-10-6-4-7-11-17)21(23(16-27)25(29)31-2)14-20(22)18-12-8-5-9-13-18/h4-15H,2-3H3/b23-21-,24-22+. The first-order valence-electron chi connectivity index (χ1n) is 9.53. The van der Waals surface area contributed by atoms with E-state index in [0.717, 1.165) is 0 Å². The Hall–Kier alpha value is -4.68. The second kappa shape index (κ2) is 9.88. The number of nitriles is 1. The van der Waals surface area contributed by atoms with Crippen LogP contribution in [0.15, 0.2) is 72.8 Å². The van der Waals surface area contributed by atoms with Crippen LogP contribution >= 0.6 is 0 Å². The number of hydrogen-bond donors (Lipinski definition) is 0. The highest BCUT2D eigenvalue weighted by Crippen LogP contribution is 2.21. The predicted molar refractivity (Wildman–Crippen MR) is 120 cm³/mol. The number of ether oxygens (including phenoxy) is 2. The highest BCUT2D eigenvalue weighted by molar-refractivity contribution is 6.16. The number of carbonyl (C=O) groups is 2. The first-order valence-corrected chi connectivity index (χ1v) is 9.53. The minimum absolute atomic E-state index is 0.183. The zero-order chi connectivity index (χ0) is 23.1. The molecule has 6 heteroatoms. The molecule has 0 aromatic heterocycles. The quantitative estimate of drug-likeness (QED) is 0.477. The van der Waals surface area contributed by atoms with Crippen LogP contribution < -0.4 is 10.4 Å². The van der Waals surface area contributed by atoms with Crippen molar-refractivity contribution in [3.63, 3.8) is 0 Å². The molecule has 0 aliphatic carbocycles. The van der Waals surface area contributed by atoms with E-state index in [0.29, 0.717) is 32.7 Å². The lowest BCUT2D eigenvalue weighted by Crippen LogP contribution is -2.24. The van der Waals surface area contributed by atoms with E-state index in [9.17, 15) is 14.9 Å². The van der Waals surface area contributed by atoms with Gasteiger partial charge >= 0.3 is 11.9 Å². The summed E-state index contributed by atoms with van der Waals surface area (Å²) in [5.74, 6) is -1.56. The third-order valence-electron chi connectivity index (χ3n) is 4.84. The van der Waals surface area contributed by atoms with Crippen molar-refractivity contribution in [2.24, 2.45) is 0 Å². The van der Waals surface area contributed by atoms with E-state index in [1.807, 2.05) is 66.7 Å². The van der Waals surface area contributed by atoms with Gasteiger partial charge in [-0.2, -0.15) is 5.26 Å². The summed E-state index contributed by atoms with van der Waals surface area (Å²) in [6, 6.07) is 23.4. The number of carbonyl (C=O) groups excluding carboxylic acids is 2. The number of esters is 2. The largest absolute Gasteiger partial charge is 0.474 e. The van der Waals surface area contributed by atoms with Gasteiger partial charge in [-0.25, -0.2) is 9.64 Å². The smallest absolute Gasteiger partial charge is 0.349 e. The van der Waals surface area contributed by atoms with Gasteiger partial charge < -0.3 is 9.47 Å². The molecule has 6 nitrogen and oxygen atoms in total. The molecule has 0 bridgehead atoms. The first-order chi connectivity index (χ1) is 15.5. The maximum Gasteiger partial charge on any atom is 0.349 e. The highest BCUT2D eigenvalue weighted by atomic mass is 16.5. The zero-order valence-corrected chi connectivity index (χ0v) is 17.5. The monoisotopic (exact) mass is 422 g/mol. The summed E-state index contributed by atoms with van der Waals surface area (Å²) in [5.41, 5.74) is 2.04. The van der Waals surface area contributed by atoms with Crippen LogP contribution in [0.5, 0.6) is 0 Å². The van der Waals surface area contributed by atoms with Gasteiger partial charge in [0.25, 0.3) is 5.70 Å². The molecule has 0 aliphatic heterocycles. The van der Waals surface area contributed by atoms with Gasteiger partial charge in [0.15, 0.2) is 0 Å². The van der Waals surface area contributed by atoms with Crippen LogP contribution in [0.3, 0.4) is 0 Å². The van der Waals surface area contributed by atoms with Crippen LogP contribution in [0.1, 0.15) is 0 Å². The fraction of sp³-hybridized carbons (Fsp3) is 0.0769. The van der Waals surface area contributed by atoms with Crippen molar-refractivity contribution in [1.82, 2.24) is 0 Å². The second-order valence-electron chi connectivity index (χ2n) is 6.61. The van der Waals surface area contributed by atoms with Crippen molar-refractivity contribution in [3.05, 3.63) is 94.7 Å². The van der Waals surface area contributed by atoms with E-state index >= 15 is 0 Å². The highest BCUT2D eigenvalue weighted by Gasteiger charge is 2.19. The Bertz CT molecular complexity index is 1270. The van der Waals surface area contributed by atoms with Crippen molar-refractivity contribution < 1.29 is 19.1 Å². The van der Waals surface area contributed by atoms with Crippen molar-refractivity contribution >= 4 is 23.2 Å². The van der Waals surface area contributed by atoms with Gasteiger partial charge in [0.1, 0.15) is 11.6 Å². The molecule has 32 heavy (non-hydrogen) atoms. The molecule has 0 aliphatic rings.